The van der Waals surface area contributed by atoms with Gasteiger partial charge in [0.25, 0.3) is 0 Å². The molecule has 0 atom stereocenters. The van der Waals surface area contributed by atoms with E-state index in [0.29, 0.717) is 12.3 Å². The van der Waals surface area contributed by atoms with Gasteiger partial charge in [-0.3, -0.25) is 0 Å². The fourth-order valence-electron chi connectivity index (χ4n) is 1.12. The second-order valence-corrected chi connectivity index (χ2v) is 4.05. The summed E-state index contributed by atoms with van der Waals surface area (Å²) in [7, 11) is 0. The van der Waals surface area contributed by atoms with Crippen LogP contribution in [0.15, 0.2) is 16.6 Å². The van der Waals surface area contributed by atoms with Crippen LogP contribution in [0.25, 0.3) is 0 Å². The summed E-state index contributed by atoms with van der Waals surface area (Å²) in [6, 6.07) is 3.61. The van der Waals surface area contributed by atoms with E-state index in [9.17, 15) is 4.79 Å². The SMILES string of the molecule is CCOC(=O)C#Cc1cc(Br)cc(N)c1C. The maximum absolute atomic E-state index is 11.1. The van der Waals surface area contributed by atoms with E-state index in [1.165, 1.54) is 0 Å². The predicted molar refractivity (Wildman–Crippen MR) is 66.8 cm³/mol. The molecule has 0 amide bonds. The largest absolute Gasteiger partial charge is 0.456 e. The summed E-state index contributed by atoms with van der Waals surface area (Å²) in [5, 5.41) is 0. The zero-order valence-electron chi connectivity index (χ0n) is 9.13. The molecule has 0 saturated carbocycles. The van der Waals surface area contributed by atoms with Crippen LogP contribution >= 0.6 is 15.9 Å². The van der Waals surface area contributed by atoms with E-state index >= 15 is 0 Å². The molecule has 0 unspecified atom stereocenters. The molecule has 2 N–H and O–H groups in total. The lowest BCUT2D eigenvalue weighted by atomic mass is 10.1. The van der Waals surface area contributed by atoms with Crippen molar-refractivity contribution >= 4 is 27.6 Å². The Morgan fingerprint density at radius 3 is 2.88 bits per heavy atom. The number of carbonyl (C=O) groups is 1. The Hall–Kier alpha value is -1.47. The summed E-state index contributed by atoms with van der Waals surface area (Å²) >= 11 is 3.32. The van der Waals surface area contributed by atoms with Gasteiger partial charge in [-0.2, -0.15) is 0 Å². The average molecular weight is 282 g/mol. The number of ether oxygens (including phenoxy) is 1. The number of benzene rings is 1. The quantitative estimate of drug-likeness (QED) is 0.488. The second kappa shape index (κ2) is 5.57. The first-order chi connectivity index (χ1) is 7.54. The molecule has 0 fully saturated rings. The van der Waals surface area contributed by atoms with Crippen molar-refractivity contribution in [3.05, 3.63) is 27.7 Å². The highest BCUT2D eigenvalue weighted by Gasteiger charge is 2.02. The predicted octanol–water partition coefficient (Wildman–Crippen LogP) is 2.25. The molecule has 0 aromatic heterocycles. The van der Waals surface area contributed by atoms with Crippen LogP contribution in [0.2, 0.25) is 0 Å². The normalized spacial score (nSPS) is 9.19. The van der Waals surface area contributed by atoms with Gasteiger partial charge in [-0.1, -0.05) is 21.9 Å². The maximum atomic E-state index is 11.1. The van der Waals surface area contributed by atoms with Gasteiger partial charge in [0, 0.05) is 21.6 Å². The van der Waals surface area contributed by atoms with E-state index in [1.807, 2.05) is 13.0 Å². The van der Waals surface area contributed by atoms with Gasteiger partial charge in [-0.05, 0) is 31.5 Å². The van der Waals surface area contributed by atoms with E-state index in [4.69, 9.17) is 10.5 Å². The molecular weight excluding hydrogens is 270 g/mol. The van der Waals surface area contributed by atoms with Crippen LogP contribution in [-0.2, 0) is 9.53 Å². The molecule has 1 aromatic rings. The first-order valence-electron chi connectivity index (χ1n) is 4.79. The van der Waals surface area contributed by atoms with Crippen LogP contribution in [-0.4, -0.2) is 12.6 Å². The highest BCUT2D eigenvalue weighted by Crippen LogP contribution is 2.21. The van der Waals surface area contributed by atoms with E-state index < -0.39 is 5.97 Å². The number of hydrogen-bond acceptors (Lipinski definition) is 3. The molecule has 0 bridgehead atoms. The molecule has 0 heterocycles. The molecule has 4 heteroatoms. The molecule has 0 radical (unpaired) electrons. The van der Waals surface area contributed by atoms with Crippen molar-refractivity contribution in [2.45, 2.75) is 13.8 Å². The van der Waals surface area contributed by atoms with Crippen molar-refractivity contribution in [3.8, 4) is 11.8 Å². The van der Waals surface area contributed by atoms with E-state index in [1.54, 1.807) is 13.0 Å². The highest BCUT2D eigenvalue weighted by molar-refractivity contribution is 9.10. The monoisotopic (exact) mass is 281 g/mol. The first kappa shape index (κ1) is 12.6. The molecular formula is C12H12BrNO2. The van der Waals surface area contributed by atoms with Crippen LogP contribution in [0.1, 0.15) is 18.1 Å². The third-order valence-corrected chi connectivity index (χ3v) is 2.45. The molecule has 0 aliphatic heterocycles. The molecule has 3 nitrogen and oxygen atoms in total. The first-order valence-corrected chi connectivity index (χ1v) is 5.58. The van der Waals surface area contributed by atoms with Crippen LogP contribution < -0.4 is 5.73 Å². The Morgan fingerprint density at radius 2 is 2.25 bits per heavy atom. The molecule has 0 aliphatic carbocycles. The standard InChI is InChI=1S/C12H12BrNO2/c1-3-16-12(15)5-4-9-6-10(13)7-11(14)8(9)2/h6-7H,3,14H2,1-2H3. The fraction of sp³-hybridized carbons (Fsp3) is 0.250. The molecule has 1 aromatic carbocycles. The summed E-state index contributed by atoms with van der Waals surface area (Å²) < 4.78 is 5.55. The lowest BCUT2D eigenvalue weighted by Crippen LogP contribution is -2.00. The van der Waals surface area contributed by atoms with Gasteiger partial charge in [0.15, 0.2) is 0 Å². The molecule has 16 heavy (non-hydrogen) atoms. The van der Waals surface area contributed by atoms with Crippen LogP contribution in [0.3, 0.4) is 0 Å². The van der Waals surface area contributed by atoms with Crippen molar-refractivity contribution in [3.63, 3.8) is 0 Å². The zero-order valence-corrected chi connectivity index (χ0v) is 10.7. The molecule has 1 rings (SSSR count). The number of nitrogen functional groups attached to an aromatic ring is 1. The lowest BCUT2D eigenvalue weighted by Gasteiger charge is -2.03. The van der Waals surface area contributed by atoms with Crippen molar-refractivity contribution in [2.75, 3.05) is 12.3 Å². The molecule has 0 spiro atoms. The van der Waals surface area contributed by atoms with Gasteiger partial charge < -0.3 is 10.5 Å². The molecule has 0 aliphatic rings. The topological polar surface area (TPSA) is 52.3 Å². The Morgan fingerprint density at radius 1 is 1.56 bits per heavy atom. The third kappa shape index (κ3) is 3.28. The van der Waals surface area contributed by atoms with E-state index in [2.05, 4.69) is 27.8 Å². The van der Waals surface area contributed by atoms with Gasteiger partial charge in [-0.25, -0.2) is 4.79 Å². The minimum atomic E-state index is -0.527. The third-order valence-electron chi connectivity index (χ3n) is 1.99. The summed E-state index contributed by atoms with van der Waals surface area (Å²) in [6.45, 7) is 3.92. The highest BCUT2D eigenvalue weighted by atomic mass is 79.9. The maximum Gasteiger partial charge on any atom is 0.384 e. The van der Waals surface area contributed by atoms with Crippen molar-refractivity contribution < 1.29 is 9.53 Å². The minimum Gasteiger partial charge on any atom is -0.456 e. The fourth-order valence-corrected chi connectivity index (χ4v) is 1.59. The lowest BCUT2D eigenvalue weighted by molar-refractivity contribution is -0.136. The van der Waals surface area contributed by atoms with Gasteiger partial charge in [0.1, 0.15) is 0 Å². The summed E-state index contributed by atoms with van der Waals surface area (Å²) in [5.41, 5.74) is 8.00. The van der Waals surface area contributed by atoms with E-state index in [0.717, 1.165) is 15.6 Å². The van der Waals surface area contributed by atoms with Crippen LogP contribution in [0.4, 0.5) is 5.69 Å². The summed E-state index contributed by atoms with van der Waals surface area (Å²) in [5.74, 6) is 4.62. The number of anilines is 1. The summed E-state index contributed by atoms with van der Waals surface area (Å²) in [4.78, 5) is 11.1. The number of esters is 1. The number of nitrogens with two attached hydrogens (primary N) is 1. The average Bonchev–Trinajstić information content (AvgIpc) is 2.21. The number of hydrogen-bond donors (Lipinski definition) is 1. The van der Waals surface area contributed by atoms with Crippen LogP contribution in [0, 0.1) is 18.8 Å². The zero-order chi connectivity index (χ0) is 12.1. The van der Waals surface area contributed by atoms with Crippen molar-refractivity contribution in [1.82, 2.24) is 0 Å². The number of carbonyl (C=O) groups excluding carboxylic acids is 1. The van der Waals surface area contributed by atoms with Gasteiger partial charge in [0.2, 0.25) is 0 Å². The molecule has 0 saturated heterocycles. The number of rotatable bonds is 1. The van der Waals surface area contributed by atoms with Crippen molar-refractivity contribution in [2.24, 2.45) is 0 Å². The Labute approximate surface area is 103 Å². The van der Waals surface area contributed by atoms with Gasteiger partial charge in [-0.15, -0.1) is 0 Å². The van der Waals surface area contributed by atoms with Crippen LogP contribution in [0.5, 0.6) is 0 Å². The summed E-state index contributed by atoms with van der Waals surface area (Å²) in [6.07, 6.45) is 0. The smallest absolute Gasteiger partial charge is 0.384 e. The Balaban J connectivity index is 3.01. The van der Waals surface area contributed by atoms with Gasteiger partial charge in [0.05, 0.1) is 6.61 Å². The van der Waals surface area contributed by atoms with Gasteiger partial charge >= 0.3 is 5.97 Å². The molecule has 84 valence electrons. The van der Waals surface area contributed by atoms with E-state index in [-0.39, 0.29) is 0 Å². The number of halogens is 1. The Kier molecular flexibility index (Phi) is 4.39. The Bertz CT molecular complexity index is 472. The van der Waals surface area contributed by atoms with Crippen molar-refractivity contribution in [1.29, 1.82) is 0 Å². The second-order valence-electron chi connectivity index (χ2n) is 3.14. The minimum absolute atomic E-state index is 0.327.